The Hall–Kier alpha value is -1.36. The maximum absolute atomic E-state index is 12.6. The van der Waals surface area contributed by atoms with Crippen molar-refractivity contribution >= 4 is 27.4 Å². The minimum Gasteiger partial charge on any atom is -0.338 e. The molecule has 4 nitrogen and oxygen atoms in total. The van der Waals surface area contributed by atoms with E-state index in [9.17, 15) is 4.79 Å². The average Bonchev–Trinajstić information content (AvgIpc) is 2.85. The number of carbonyl (C=O) groups is 1. The predicted molar refractivity (Wildman–Crippen MR) is 77.6 cm³/mol. The van der Waals surface area contributed by atoms with Crippen LogP contribution in [0.4, 0.5) is 0 Å². The number of fused-ring (bicyclic) bond motifs is 1. The number of carbonyl (C=O) groups excluding carboxylic acids is 1. The average molecular weight is 322 g/mol. The Kier molecular flexibility index (Phi) is 3.31. The van der Waals surface area contributed by atoms with Gasteiger partial charge in [-0.05, 0) is 24.5 Å². The lowest BCUT2D eigenvalue weighted by Gasteiger charge is -2.34. The fourth-order valence-corrected chi connectivity index (χ4v) is 2.94. The van der Waals surface area contributed by atoms with E-state index in [2.05, 4.69) is 28.0 Å². The highest BCUT2D eigenvalue weighted by molar-refractivity contribution is 9.09. The molecule has 1 amide bonds. The highest BCUT2D eigenvalue weighted by atomic mass is 79.9. The van der Waals surface area contributed by atoms with Crippen LogP contribution in [0.2, 0.25) is 0 Å². The zero-order chi connectivity index (χ0) is 13.4. The molecule has 0 saturated carbocycles. The molecule has 0 bridgehead atoms. The molecule has 19 heavy (non-hydrogen) atoms. The summed E-state index contributed by atoms with van der Waals surface area (Å²) in [4.78, 5) is 15.0. The standard InChI is InChI=1S/C14H16BrN3O/c1-10-9-17(7-5-12(10)15)14(19)11-8-16-18-6-3-2-4-13(11)18/h2-4,6,8,10,12H,5,7,9H2,1H3. The Bertz CT molecular complexity index is 610. The van der Waals surface area contributed by atoms with Gasteiger partial charge >= 0.3 is 0 Å². The number of pyridine rings is 1. The number of piperidine rings is 1. The summed E-state index contributed by atoms with van der Waals surface area (Å²) in [5.41, 5.74) is 1.57. The van der Waals surface area contributed by atoms with Crippen LogP contribution in [0.5, 0.6) is 0 Å². The number of nitrogens with zero attached hydrogens (tertiary/aromatic N) is 3. The molecule has 1 saturated heterocycles. The van der Waals surface area contributed by atoms with Crippen molar-refractivity contribution in [2.45, 2.75) is 18.2 Å². The van der Waals surface area contributed by atoms with Crippen LogP contribution in [0.15, 0.2) is 30.6 Å². The number of amides is 1. The highest BCUT2D eigenvalue weighted by Gasteiger charge is 2.28. The van der Waals surface area contributed by atoms with E-state index >= 15 is 0 Å². The van der Waals surface area contributed by atoms with Crippen molar-refractivity contribution in [3.63, 3.8) is 0 Å². The summed E-state index contributed by atoms with van der Waals surface area (Å²) in [6, 6.07) is 5.77. The van der Waals surface area contributed by atoms with Gasteiger partial charge < -0.3 is 4.90 Å². The van der Waals surface area contributed by atoms with E-state index in [-0.39, 0.29) is 5.91 Å². The SMILES string of the molecule is CC1CN(C(=O)c2cnn3ccccc23)CCC1Br. The summed E-state index contributed by atoms with van der Waals surface area (Å²) in [6.45, 7) is 3.79. The maximum Gasteiger partial charge on any atom is 0.257 e. The second-order valence-electron chi connectivity index (χ2n) is 5.12. The Morgan fingerprint density at radius 2 is 2.32 bits per heavy atom. The lowest BCUT2D eigenvalue weighted by molar-refractivity contribution is 0.0692. The van der Waals surface area contributed by atoms with Crippen LogP contribution in [-0.4, -0.2) is 38.3 Å². The van der Waals surface area contributed by atoms with Crippen LogP contribution in [-0.2, 0) is 0 Å². The van der Waals surface area contributed by atoms with Crippen molar-refractivity contribution in [1.29, 1.82) is 0 Å². The van der Waals surface area contributed by atoms with Crippen molar-refractivity contribution in [2.75, 3.05) is 13.1 Å². The molecule has 0 N–H and O–H groups in total. The van der Waals surface area contributed by atoms with Gasteiger partial charge in [0.05, 0.1) is 17.3 Å². The van der Waals surface area contributed by atoms with Crippen molar-refractivity contribution in [3.8, 4) is 0 Å². The number of halogens is 1. The minimum atomic E-state index is 0.0902. The lowest BCUT2D eigenvalue weighted by Crippen LogP contribution is -2.43. The molecule has 2 unspecified atom stereocenters. The highest BCUT2D eigenvalue weighted by Crippen LogP contribution is 2.25. The van der Waals surface area contributed by atoms with Crippen LogP contribution in [0.25, 0.3) is 5.52 Å². The molecule has 2 atom stereocenters. The molecule has 5 heteroatoms. The van der Waals surface area contributed by atoms with Crippen molar-refractivity contribution < 1.29 is 4.79 Å². The zero-order valence-corrected chi connectivity index (χ0v) is 12.4. The second-order valence-corrected chi connectivity index (χ2v) is 6.30. The molecule has 3 rings (SSSR count). The normalized spacial score (nSPS) is 23.8. The lowest BCUT2D eigenvalue weighted by atomic mass is 9.99. The first kappa shape index (κ1) is 12.7. The van der Waals surface area contributed by atoms with E-state index in [4.69, 9.17) is 0 Å². The first-order chi connectivity index (χ1) is 9.16. The summed E-state index contributed by atoms with van der Waals surface area (Å²) >= 11 is 3.66. The molecular formula is C14H16BrN3O. The summed E-state index contributed by atoms with van der Waals surface area (Å²) in [7, 11) is 0. The van der Waals surface area contributed by atoms with Gasteiger partial charge in [-0.25, -0.2) is 4.52 Å². The van der Waals surface area contributed by atoms with Crippen LogP contribution in [0, 0.1) is 5.92 Å². The van der Waals surface area contributed by atoms with E-state index < -0.39 is 0 Å². The largest absolute Gasteiger partial charge is 0.338 e. The van der Waals surface area contributed by atoms with Crippen LogP contribution in [0.3, 0.4) is 0 Å². The van der Waals surface area contributed by atoms with Gasteiger partial charge in [0.25, 0.3) is 5.91 Å². The number of likely N-dealkylation sites (tertiary alicyclic amines) is 1. The van der Waals surface area contributed by atoms with Gasteiger partial charge in [0.2, 0.25) is 0 Å². The number of hydrogen-bond donors (Lipinski definition) is 0. The molecular weight excluding hydrogens is 306 g/mol. The third-order valence-electron chi connectivity index (χ3n) is 3.74. The van der Waals surface area contributed by atoms with E-state index in [1.165, 1.54) is 0 Å². The Labute approximate surface area is 120 Å². The van der Waals surface area contributed by atoms with Crippen LogP contribution >= 0.6 is 15.9 Å². The van der Waals surface area contributed by atoms with Gasteiger partial charge in [0, 0.05) is 24.1 Å². The molecule has 1 fully saturated rings. The first-order valence-corrected chi connectivity index (χ1v) is 7.44. The number of hydrogen-bond acceptors (Lipinski definition) is 2. The van der Waals surface area contributed by atoms with Crippen molar-refractivity contribution in [1.82, 2.24) is 14.5 Å². The molecule has 3 heterocycles. The zero-order valence-electron chi connectivity index (χ0n) is 10.8. The number of alkyl halides is 1. The summed E-state index contributed by atoms with van der Waals surface area (Å²) in [5.74, 6) is 0.576. The topological polar surface area (TPSA) is 37.6 Å². The number of rotatable bonds is 1. The maximum atomic E-state index is 12.6. The minimum absolute atomic E-state index is 0.0902. The third-order valence-corrected chi connectivity index (χ3v) is 5.11. The van der Waals surface area contributed by atoms with Gasteiger partial charge in [-0.1, -0.05) is 28.9 Å². The van der Waals surface area contributed by atoms with Crippen LogP contribution in [0.1, 0.15) is 23.7 Å². The molecule has 0 aromatic carbocycles. The van der Waals surface area contributed by atoms with Gasteiger partial charge in [0.1, 0.15) is 0 Å². The summed E-state index contributed by atoms with van der Waals surface area (Å²) in [6.07, 6.45) is 4.54. The molecule has 100 valence electrons. The van der Waals surface area contributed by atoms with E-state index in [1.54, 1.807) is 10.7 Å². The van der Waals surface area contributed by atoms with E-state index in [0.717, 1.165) is 25.0 Å². The fourth-order valence-electron chi connectivity index (χ4n) is 2.57. The second kappa shape index (κ2) is 4.96. The molecule has 2 aromatic heterocycles. The monoisotopic (exact) mass is 321 g/mol. The van der Waals surface area contributed by atoms with Gasteiger partial charge in [-0.15, -0.1) is 0 Å². The third kappa shape index (κ3) is 2.27. The van der Waals surface area contributed by atoms with E-state index in [1.807, 2.05) is 29.3 Å². The molecule has 0 aliphatic carbocycles. The van der Waals surface area contributed by atoms with Crippen molar-refractivity contribution in [2.24, 2.45) is 5.92 Å². The smallest absolute Gasteiger partial charge is 0.257 e. The van der Waals surface area contributed by atoms with Crippen molar-refractivity contribution in [3.05, 3.63) is 36.2 Å². The Morgan fingerprint density at radius 3 is 3.11 bits per heavy atom. The Morgan fingerprint density at radius 1 is 1.47 bits per heavy atom. The molecule has 2 aromatic rings. The number of aromatic nitrogens is 2. The molecule has 1 aliphatic heterocycles. The summed E-state index contributed by atoms with van der Waals surface area (Å²) in [5, 5.41) is 4.23. The van der Waals surface area contributed by atoms with Gasteiger partial charge in [0.15, 0.2) is 0 Å². The van der Waals surface area contributed by atoms with Gasteiger partial charge in [-0.3, -0.25) is 4.79 Å². The molecule has 1 aliphatic rings. The summed E-state index contributed by atoms with van der Waals surface area (Å²) < 4.78 is 1.74. The van der Waals surface area contributed by atoms with E-state index in [0.29, 0.717) is 16.3 Å². The predicted octanol–water partition coefficient (Wildman–Crippen LogP) is 2.58. The first-order valence-electron chi connectivity index (χ1n) is 6.52. The Balaban J connectivity index is 1.88. The van der Waals surface area contributed by atoms with Gasteiger partial charge in [-0.2, -0.15) is 5.10 Å². The van der Waals surface area contributed by atoms with Crippen LogP contribution < -0.4 is 0 Å². The molecule has 0 radical (unpaired) electrons. The molecule has 0 spiro atoms. The quantitative estimate of drug-likeness (QED) is 0.757. The fraction of sp³-hybridized carbons (Fsp3) is 0.429.